The Kier molecular flexibility index (Phi) is 3.38. The molecule has 0 aliphatic rings. The SMILES string of the molecule is Cl.O=C(O)c1cc(Br)no1. The summed E-state index contributed by atoms with van der Waals surface area (Å²) in [4.78, 5) is 10.1. The van der Waals surface area contributed by atoms with Crippen LogP contribution >= 0.6 is 28.3 Å². The summed E-state index contributed by atoms with van der Waals surface area (Å²) in [7, 11) is 0. The number of hydrogen-bond acceptors (Lipinski definition) is 3. The zero-order valence-electron chi connectivity index (χ0n) is 4.57. The standard InChI is InChI=1S/C4H2BrNO3.ClH/c5-3-1-2(4(7)8)9-6-3;/h1H,(H,7,8);1H. The average molecular weight is 228 g/mol. The second kappa shape index (κ2) is 3.58. The first-order chi connectivity index (χ1) is 4.20. The summed E-state index contributed by atoms with van der Waals surface area (Å²) >= 11 is 2.93. The number of nitrogens with zero attached hydrogens (tertiary/aromatic N) is 1. The van der Waals surface area contributed by atoms with Gasteiger partial charge in [0.2, 0.25) is 5.76 Å². The van der Waals surface area contributed by atoms with Gasteiger partial charge in [0, 0.05) is 6.07 Å². The molecule has 0 radical (unpaired) electrons. The Morgan fingerprint density at radius 3 is 2.60 bits per heavy atom. The molecule has 0 bridgehead atoms. The van der Waals surface area contributed by atoms with Gasteiger partial charge in [-0.15, -0.1) is 12.4 Å². The highest BCUT2D eigenvalue weighted by atomic mass is 79.9. The van der Waals surface area contributed by atoms with E-state index in [1.54, 1.807) is 0 Å². The number of aromatic nitrogens is 1. The van der Waals surface area contributed by atoms with Crippen LogP contribution in [0, 0.1) is 0 Å². The fourth-order valence-corrected chi connectivity index (χ4v) is 0.635. The van der Waals surface area contributed by atoms with Crippen LogP contribution in [0.1, 0.15) is 10.6 Å². The summed E-state index contributed by atoms with van der Waals surface area (Å²) in [6.07, 6.45) is 0. The van der Waals surface area contributed by atoms with Gasteiger partial charge < -0.3 is 9.63 Å². The van der Waals surface area contributed by atoms with Crippen molar-refractivity contribution in [1.82, 2.24) is 5.16 Å². The minimum Gasteiger partial charge on any atom is -0.475 e. The van der Waals surface area contributed by atoms with Crippen molar-refractivity contribution in [3.8, 4) is 0 Å². The zero-order chi connectivity index (χ0) is 6.85. The van der Waals surface area contributed by atoms with Crippen LogP contribution in [0.4, 0.5) is 0 Å². The minimum absolute atomic E-state index is 0. The lowest BCUT2D eigenvalue weighted by Gasteiger charge is -1.76. The van der Waals surface area contributed by atoms with E-state index in [1.807, 2.05) is 0 Å². The fourth-order valence-electron chi connectivity index (χ4n) is 0.354. The lowest BCUT2D eigenvalue weighted by molar-refractivity contribution is 0.0652. The molecule has 0 saturated carbocycles. The number of carboxylic acids is 1. The molecule has 0 amide bonds. The van der Waals surface area contributed by atoms with Crippen LogP contribution in [-0.4, -0.2) is 16.2 Å². The smallest absolute Gasteiger partial charge is 0.374 e. The van der Waals surface area contributed by atoms with Crippen molar-refractivity contribution in [3.05, 3.63) is 16.4 Å². The molecule has 6 heteroatoms. The Hall–Kier alpha value is -0.550. The van der Waals surface area contributed by atoms with Gasteiger partial charge in [-0.2, -0.15) is 0 Å². The number of aromatic carboxylic acids is 1. The molecule has 0 aliphatic heterocycles. The number of carbonyl (C=O) groups is 1. The van der Waals surface area contributed by atoms with Crippen LogP contribution in [0.2, 0.25) is 0 Å². The molecule has 0 atom stereocenters. The van der Waals surface area contributed by atoms with Crippen molar-refractivity contribution in [2.24, 2.45) is 0 Å². The van der Waals surface area contributed by atoms with E-state index < -0.39 is 5.97 Å². The molecule has 0 spiro atoms. The maximum atomic E-state index is 10.1. The molecular formula is C4H3BrClNO3. The molecule has 0 aliphatic carbocycles. The highest BCUT2D eigenvalue weighted by Gasteiger charge is 2.07. The molecule has 1 rings (SSSR count). The molecule has 0 unspecified atom stereocenters. The van der Waals surface area contributed by atoms with Gasteiger partial charge in [-0.25, -0.2) is 4.79 Å². The van der Waals surface area contributed by atoms with Gasteiger partial charge in [0.05, 0.1) is 0 Å². The van der Waals surface area contributed by atoms with E-state index in [1.165, 1.54) is 6.07 Å². The Bertz CT molecular complexity index is 236. The first kappa shape index (κ1) is 9.45. The minimum atomic E-state index is -1.12. The van der Waals surface area contributed by atoms with Crippen molar-refractivity contribution in [2.45, 2.75) is 0 Å². The second-order valence-corrected chi connectivity index (χ2v) is 2.13. The van der Waals surface area contributed by atoms with Crippen molar-refractivity contribution < 1.29 is 14.4 Å². The molecular weight excluding hydrogens is 225 g/mol. The number of hydrogen-bond donors (Lipinski definition) is 1. The number of carboxylic acid groups (broad SMARTS) is 1. The van der Waals surface area contributed by atoms with E-state index in [0.29, 0.717) is 4.60 Å². The van der Waals surface area contributed by atoms with Gasteiger partial charge in [-0.3, -0.25) is 0 Å². The summed E-state index contributed by atoms with van der Waals surface area (Å²) in [5, 5.41) is 11.5. The van der Waals surface area contributed by atoms with Crippen LogP contribution in [-0.2, 0) is 0 Å². The first-order valence-electron chi connectivity index (χ1n) is 2.05. The second-order valence-electron chi connectivity index (χ2n) is 1.32. The summed E-state index contributed by atoms with van der Waals surface area (Å²) < 4.78 is 4.72. The van der Waals surface area contributed by atoms with E-state index in [2.05, 4.69) is 25.6 Å². The van der Waals surface area contributed by atoms with E-state index in [4.69, 9.17) is 5.11 Å². The monoisotopic (exact) mass is 227 g/mol. The Morgan fingerprint density at radius 1 is 1.80 bits per heavy atom. The highest BCUT2D eigenvalue weighted by molar-refractivity contribution is 9.10. The Balaban J connectivity index is 0.000000810. The van der Waals surface area contributed by atoms with Crippen LogP contribution in [0.3, 0.4) is 0 Å². The quantitative estimate of drug-likeness (QED) is 0.792. The van der Waals surface area contributed by atoms with Crippen LogP contribution in [0.25, 0.3) is 0 Å². The molecule has 0 fully saturated rings. The normalized spacial score (nSPS) is 8.50. The summed E-state index contributed by atoms with van der Waals surface area (Å²) in [5.74, 6) is -1.28. The average Bonchev–Trinajstić information content (AvgIpc) is 2.14. The topological polar surface area (TPSA) is 63.3 Å². The third-order valence-corrected chi connectivity index (χ3v) is 1.07. The molecule has 0 saturated heterocycles. The molecule has 0 aromatic carbocycles. The van der Waals surface area contributed by atoms with Crippen LogP contribution < -0.4 is 0 Å². The number of halogens is 2. The van der Waals surface area contributed by atoms with Crippen molar-refractivity contribution in [3.63, 3.8) is 0 Å². The van der Waals surface area contributed by atoms with Gasteiger partial charge >= 0.3 is 5.97 Å². The van der Waals surface area contributed by atoms with Crippen LogP contribution in [0.5, 0.6) is 0 Å². The summed E-state index contributed by atoms with van der Waals surface area (Å²) in [5.41, 5.74) is 0. The third kappa shape index (κ3) is 2.00. The van der Waals surface area contributed by atoms with Gasteiger partial charge in [0.15, 0.2) is 0 Å². The van der Waals surface area contributed by atoms with Gasteiger partial charge in [-0.05, 0) is 15.9 Å². The fraction of sp³-hybridized carbons (Fsp3) is 0. The zero-order valence-corrected chi connectivity index (χ0v) is 6.98. The lowest BCUT2D eigenvalue weighted by atomic mass is 10.5. The van der Waals surface area contributed by atoms with Crippen molar-refractivity contribution >= 4 is 34.3 Å². The third-order valence-electron chi connectivity index (χ3n) is 0.692. The lowest BCUT2D eigenvalue weighted by Crippen LogP contribution is -1.91. The van der Waals surface area contributed by atoms with Crippen molar-refractivity contribution in [1.29, 1.82) is 0 Å². The molecule has 1 N–H and O–H groups in total. The maximum Gasteiger partial charge on any atom is 0.374 e. The van der Waals surface area contributed by atoms with Gasteiger partial charge in [0.25, 0.3) is 0 Å². The molecule has 4 nitrogen and oxygen atoms in total. The van der Waals surface area contributed by atoms with E-state index >= 15 is 0 Å². The summed E-state index contributed by atoms with van der Waals surface area (Å²) in [6.45, 7) is 0. The Morgan fingerprint density at radius 2 is 2.40 bits per heavy atom. The molecule has 1 aromatic rings. The molecule has 10 heavy (non-hydrogen) atoms. The molecule has 56 valence electrons. The molecule has 1 heterocycles. The van der Waals surface area contributed by atoms with Gasteiger partial charge in [-0.1, -0.05) is 5.16 Å². The molecule has 1 aromatic heterocycles. The number of rotatable bonds is 1. The largest absolute Gasteiger partial charge is 0.475 e. The van der Waals surface area contributed by atoms with Gasteiger partial charge in [0.1, 0.15) is 4.60 Å². The maximum absolute atomic E-state index is 10.1. The van der Waals surface area contributed by atoms with Crippen molar-refractivity contribution in [2.75, 3.05) is 0 Å². The predicted octanol–water partition coefficient (Wildman–Crippen LogP) is 1.56. The first-order valence-corrected chi connectivity index (χ1v) is 2.85. The van der Waals surface area contributed by atoms with E-state index in [0.717, 1.165) is 0 Å². The predicted molar refractivity (Wildman–Crippen MR) is 38.4 cm³/mol. The Labute approximate surface area is 70.7 Å². The highest BCUT2D eigenvalue weighted by Crippen LogP contribution is 2.08. The van der Waals surface area contributed by atoms with Crippen LogP contribution in [0.15, 0.2) is 15.2 Å². The van der Waals surface area contributed by atoms with E-state index in [9.17, 15) is 4.79 Å². The van der Waals surface area contributed by atoms with E-state index in [-0.39, 0.29) is 18.2 Å². The summed E-state index contributed by atoms with van der Waals surface area (Å²) in [6, 6.07) is 1.28.